The van der Waals surface area contributed by atoms with Crippen LogP contribution in [0.25, 0.3) is 85.2 Å². The van der Waals surface area contributed by atoms with E-state index in [0.29, 0.717) is 0 Å². The normalized spacial score (nSPS) is 12.1. The van der Waals surface area contributed by atoms with Crippen molar-refractivity contribution in [1.29, 1.82) is 0 Å². The van der Waals surface area contributed by atoms with Crippen molar-refractivity contribution in [3.63, 3.8) is 0 Å². The minimum absolute atomic E-state index is 0.889. The Labute approximate surface area is 292 Å². The number of hydrogen-bond acceptors (Lipinski definition) is 3. The van der Waals surface area contributed by atoms with Crippen molar-refractivity contribution in [2.45, 2.75) is 6.92 Å². The van der Waals surface area contributed by atoms with Crippen LogP contribution in [0.5, 0.6) is 0 Å². The molecule has 0 aliphatic carbocycles. The van der Waals surface area contributed by atoms with Gasteiger partial charge in [-0.2, -0.15) is 0 Å². The summed E-state index contributed by atoms with van der Waals surface area (Å²) in [7, 11) is 0. The van der Waals surface area contributed by atoms with Crippen LogP contribution in [0, 0.1) is 6.92 Å². The van der Waals surface area contributed by atoms with Gasteiger partial charge >= 0.3 is 0 Å². The van der Waals surface area contributed by atoms with Crippen LogP contribution < -0.4 is 4.90 Å². The number of rotatable bonds is 3. The molecule has 0 saturated heterocycles. The molecule has 0 atom stereocenters. The molecule has 0 aliphatic heterocycles. The van der Waals surface area contributed by atoms with Gasteiger partial charge < -0.3 is 9.32 Å². The van der Waals surface area contributed by atoms with Gasteiger partial charge in [0.05, 0.1) is 5.69 Å². The van der Waals surface area contributed by atoms with E-state index in [2.05, 4.69) is 157 Å². The van der Waals surface area contributed by atoms with Crippen molar-refractivity contribution in [1.82, 2.24) is 0 Å². The Hall–Kier alpha value is -6.16. The Bertz CT molecular complexity index is 3150. The summed E-state index contributed by atoms with van der Waals surface area (Å²) < 4.78 is 9.04. The molecule has 9 aromatic carbocycles. The second kappa shape index (κ2) is 10.4. The highest BCUT2D eigenvalue weighted by Gasteiger charge is 2.22. The monoisotopic (exact) mass is 655 g/mol. The molecule has 0 radical (unpaired) electrons. The number of anilines is 3. The van der Waals surface area contributed by atoms with E-state index in [1.807, 2.05) is 23.5 Å². The highest BCUT2D eigenvalue weighted by Crippen LogP contribution is 2.50. The topological polar surface area (TPSA) is 16.4 Å². The van der Waals surface area contributed by atoms with Gasteiger partial charge in [0.15, 0.2) is 0 Å². The smallest absolute Gasteiger partial charge is 0.137 e. The van der Waals surface area contributed by atoms with Crippen molar-refractivity contribution < 1.29 is 4.42 Å². The molecule has 0 spiro atoms. The first kappa shape index (κ1) is 27.8. The minimum atomic E-state index is 0.889. The highest BCUT2D eigenvalue weighted by atomic mass is 32.1. The average Bonchev–Trinajstić information content (AvgIpc) is 3.74. The van der Waals surface area contributed by atoms with Crippen molar-refractivity contribution in [3.05, 3.63) is 163 Å². The lowest BCUT2D eigenvalue weighted by atomic mass is 9.92. The summed E-state index contributed by atoms with van der Waals surface area (Å²) in [5.41, 5.74) is 6.38. The van der Waals surface area contributed by atoms with E-state index in [1.165, 1.54) is 68.8 Å². The number of thiophene rings is 1. The first-order chi connectivity index (χ1) is 24.7. The summed E-state index contributed by atoms with van der Waals surface area (Å²) in [6.07, 6.45) is 0. The molecule has 0 bridgehead atoms. The van der Waals surface area contributed by atoms with Crippen molar-refractivity contribution in [2.75, 3.05) is 4.90 Å². The lowest BCUT2D eigenvalue weighted by Crippen LogP contribution is -2.11. The van der Waals surface area contributed by atoms with Crippen LogP contribution >= 0.6 is 11.3 Å². The van der Waals surface area contributed by atoms with Gasteiger partial charge in [-0.3, -0.25) is 0 Å². The lowest BCUT2D eigenvalue weighted by molar-refractivity contribution is 0.669. The van der Waals surface area contributed by atoms with E-state index >= 15 is 0 Å². The summed E-state index contributed by atoms with van der Waals surface area (Å²) in [6.45, 7) is 2.20. The zero-order chi connectivity index (χ0) is 32.9. The second-order valence-corrected chi connectivity index (χ2v) is 14.3. The van der Waals surface area contributed by atoms with E-state index in [0.717, 1.165) is 39.0 Å². The summed E-state index contributed by atoms with van der Waals surface area (Å²) in [4.78, 5) is 2.43. The van der Waals surface area contributed by atoms with Gasteiger partial charge in [0.2, 0.25) is 0 Å². The zero-order valence-electron chi connectivity index (χ0n) is 27.3. The molecule has 0 saturated carbocycles. The van der Waals surface area contributed by atoms with Gasteiger partial charge in [-0.25, -0.2) is 0 Å². The van der Waals surface area contributed by atoms with Gasteiger partial charge in [0.1, 0.15) is 11.2 Å². The number of hydrogen-bond donors (Lipinski definition) is 0. The van der Waals surface area contributed by atoms with Crippen molar-refractivity contribution in [2.24, 2.45) is 0 Å². The van der Waals surface area contributed by atoms with E-state index < -0.39 is 0 Å². The Morgan fingerprint density at radius 1 is 0.420 bits per heavy atom. The van der Waals surface area contributed by atoms with E-state index in [1.54, 1.807) is 0 Å². The minimum Gasteiger partial charge on any atom is -0.456 e. The molecule has 50 heavy (non-hydrogen) atoms. The van der Waals surface area contributed by atoms with Crippen LogP contribution in [0.15, 0.2) is 162 Å². The number of aryl methyl sites for hydroxylation is 1. The Morgan fingerprint density at radius 3 is 1.72 bits per heavy atom. The van der Waals surface area contributed by atoms with Crippen LogP contribution in [0.3, 0.4) is 0 Å². The van der Waals surface area contributed by atoms with Gasteiger partial charge in [-0.15, -0.1) is 11.3 Å². The van der Waals surface area contributed by atoms with Crippen LogP contribution in [-0.2, 0) is 0 Å². The quantitative estimate of drug-likeness (QED) is 0.176. The van der Waals surface area contributed by atoms with Gasteiger partial charge in [-0.1, -0.05) is 121 Å². The molecule has 234 valence electrons. The van der Waals surface area contributed by atoms with Gasteiger partial charge in [0, 0.05) is 59.2 Å². The number of fused-ring (bicyclic) bond motifs is 15. The molecule has 11 aromatic rings. The fraction of sp³-hybridized carbons (Fsp3) is 0.0213. The Balaban J connectivity index is 1.25. The third-order valence-corrected chi connectivity index (χ3v) is 11.7. The standard InChI is InChI=1S/C47H29NOS/c1-28-12-2-10-20-40(28)48(29-22-23-35-34-17-9-11-21-42(34)49-43(35)26-29)41-27-44-45(37-19-8-6-16-33(37)41)39-25-24-38-32-15-4-3-13-30(32)31-14-5-7-18-36(31)46(38)47(39)50-44/h2-27H,1H3. The summed E-state index contributed by atoms with van der Waals surface area (Å²) in [6, 6.07) is 57.4. The predicted molar refractivity (Wildman–Crippen MR) is 216 cm³/mol. The van der Waals surface area contributed by atoms with Crippen molar-refractivity contribution in [3.8, 4) is 0 Å². The second-order valence-electron chi connectivity index (χ2n) is 13.3. The zero-order valence-corrected chi connectivity index (χ0v) is 28.1. The molecule has 2 nitrogen and oxygen atoms in total. The van der Waals surface area contributed by atoms with Crippen LogP contribution in [0.1, 0.15) is 5.56 Å². The molecule has 0 N–H and O–H groups in total. The third-order valence-electron chi connectivity index (χ3n) is 10.5. The van der Waals surface area contributed by atoms with Gasteiger partial charge in [0.25, 0.3) is 0 Å². The lowest BCUT2D eigenvalue weighted by Gasteiger charge is -2.28. The molecule has 0 fully saturated rings. The average molecular weight is 656 g/mol. The van der Waals surface area contributed by atoms with Crippen molar-refractivity contribution >= 4 is 114 Å². The molecule has 3 heteroatoms. The first-order valence-corrected chi connectivity index (χ1v) is 17.9. The number of furan rings is 1. The number of nitrogens with zero attached hydrogens (tertiary/aromatic N) is 1. The fourth-order valence-electron chi connectivity index (χ4n) is 8.33. The largest absolute Gasteiger partial charge is 0.456 e. The molecule has 0 amide bonds. The fourth-order valence-corrected chi connectivity index (χ4v) is 9.64. The first-order valence-electron chi connectivity index (χ1n) is 17.1. The summed E-state index contributed by atoms with van der Waals surface area (Å²) >= 11 is 1.92. The number of benzene rings is 9. The molecule has 11 rings (SSSR count). The Morgan fingerprint density at radius 2 is 0.960 bits per heavy atom. The van der Waals surface area contributed by atoms with Crippen LogP contribution in [0.2, 0.25) is 0 Å². The van der Waals surface area contributed by atoms with E-state index in [-0.39, 0.29) is 0 Å². The molecule has 0 aliphatic rings. The maximum Gasteiger partial charge on any atom is 0.137 e. The van der Waals surface area contributed by atoms with E-state index in [9.17, 15) is 0 Å². The summed E-state index contributed by atoms with van der Waals surface area (Å²) in [5.74, 6) is 0. The Kier molecular flexibility index (Phi) is 5.78. The SMILES string of the molecule is Cc1ccccc1N(c1ccc2c(c1)oc1ccccc12)c1cc2sc3c(ccc4c5ccccc5c5ccccc5c43)c2c2ccccc12. The predicted octanol–water partition coefficient (Wildman–Crippen LogP) is 14.3. The maximum atomic E-state index is 6.42. The van der Waals surface area contributed by atoms with E-state index in [4.69, 9.17) is 4.42 Å². The molecule has 2 aromatic heterocycles. The maximum absolute atomic E-state index is 6.42. The molecular formula is C47H29NOS. The molecular weight excluding hydrogens is 627 g/mol. The van der Waals surface area contributed by atoms with Crippen LogP contribution in [0.4, 0.5) is 17.1 Å². The van der Waals surface area contributed by atoms with Crippen LogP contribution in [-0.4, -0.2) is 0 Å². The van der Waals surface area contributed by atoms with Gasteiger partial charge in [-0.05, 0) is 75.1 Å². The highest BCUT2D eigenvalue weighted by molar-refractivity contribution is 7.27. The summed E-state index contributed by atoms with van der Waals surface area (Å²) in [5, 5.41) is 15.3. The molecule has 2 heterocycles. The molecule has 0 unspecified atom stereocenters. The number of para-hydroxylation sites is 2. The third kappa shape index (κ3) is 3.84.